The Morgan fingerprint density at radius 1 is 1.00 bits per heavy atom. The van der Waals surface area contributed by atoms with Gasteiger partial charge >= 0.3 is 0 Å². The minimum Gasteiger partial charge on any atom is -0.347 e. The van der Waals surface area contributed by atoms with Crippen LogP contribution in [0.15, 0.2) is 30.3 Å². The summed E-state index contributed by atoms with van der Waals surface area (Å²) in [6, 6.07) is 10.4. The summed E-state index contributed by atoms with van der Waals surface area (Å²) >= 11 is 0. The molecule has 1 aromatic carbocycles. The van der Waals surface area contributed by atoms with Crippen molar-refractivity contribution in [1.29, 1.82) is 0 Å². The molecule has 1 aliphatic rings. The van der Waals surface area contributed by atoms with E-state index in [0.29, 0.717) is 5.92 Å². The minimum atomic E-state index is -0.494. The first kappa shape index (κ1) is 11.6. The van der Waals surface area contributed by atoms with Gasteiger partial charge in [0.1, 0.15) is 0 Å². The van der Waals surface area contributed by atoms with Gasteiger partial charge in [0.15, 0.2) is 5.79 Å². The molecule has 0 spiro atoms. The lowest BCUT2D eigenvalue weighted by Crippen LogP contribution is -2.45. The lowest BCUT2D eigenvalue weighted by Gasteiger charge is -2.44. The van der Waals surface area contributed by atoms with Gasteiger partial charge in [0.05, 0.1) is 12.2 Å². The monoisotopic (exact) mass is 220 g/mol. The Bertz CT molecular complexity index is 345. The summed E-state index contributed by atoms with van der Waals surface area (Å²) in [6.07, 6.45) is 0.342. The van der Waals surface area contributed by atoms with E-state index in [1.54, 1.807) is 0 Å². The number of benzene rings is 1. The second-order valence-electron chi connectivity index (χ2n) is 5.03. The first-order chi connectivity index (χ1) is 7.49. The molecule has 2 heteroatoms. The van der Waals surface area contributed by atoms with Crippen molar-refractivity contribution in [3.8, 4) is 0 Å². The lowest BCUT2D eigenvalue weighted by atomic mass is 9.91. The molecule has 0 amide bonds. The fourth-order valence-electron chi connectivity index (χ4n) is 2.26. The summed E-state index contributed by atoms with van der Waals surface area (Å²) in [4.78, 5) is 0. The molecule has 16 heavy (non-hydrogen) atoms. The summed E-state index contributed by atoms with van der Waals surface area (Å²) in [5.41, 5.74) is 1.23. The Morgan fingerprint density at radius 3 is 2.25 bits per heavy atom. The van der Waals surface area contributed by atoms with Gasteiger partial charge in [0.2, 0.25) is 0 Å². The molecule has 2 rings (SSSR count). The van der Waals surface area contributed by atoms with Crippen LogP contribution in [0.25, 0.3) is 0 Å². The molecule has 1 heterocycles. The van der Waals surface area contributed by atoms with Crippen LogP contribution in [0.5, 0.6) is 0 Å². The quantitative estimate of drug-likeness (QED) is 0.720. The normalized spacial score (nSPS) is 33.6. The van der Waals surface area contributed by atoms with Crippen LogP contribution in [0.4, 0.5) is 0 Å². The van der Waals surface area contributed by atoms with Gasteiger partial charge in [0.25, 0.3) is 0 Å². The van der Waals surface area contributed by atoms with Crippen LogP contribution in [-0.2, 0) is 9.47 Å². The van der Waals surface area contributed by atoms with Gasteiger partial charge in [-0.2, -0.15) is 0 Å². The molecule has 1 aromatic rings. The molecular weight excluding hydrogens is 200 g/mol. The highest BCUT2D eigenvalue weighted by molar-refractivity contribution is 5.19. The first-order valence-electron chi connectivity index (χ1n) is 5.90. The van der Waals surface area contributed by atoms with E-state index >= 15 is 0 Å². The lowest BCUT2D eigenvalue weighted by molar-refractivity contribution is -0.318. The molecule has 0 aliphatic carbocycles. The van der Waals surface area contributed by atoms with Crippen LogP contribution in [0.3, 0.4) is 0 Å². The zero-order chi connectivity index (χ0) is 11.8. The van der Waals surface area contributed by atoms with E-state index in [1.807, 2.05) is 19.9 Å². The maximum atomic E-state index is 6.02. The van der Waals surface area contributed by atoms with Gasteiger partial charge in [-0.3, -0.25) is 0 Å². The zero-order valence-electron chi connectivity index (χ0n) is 10.4. The van der Waals surface area contributed by atoms with E-state index in [4.69, 9.17) is 9.47 Å². The Hall–Kier alpha value is -0.860. The van der Waals surface area contributed by atoms with Crippen molar-refractivity contribution >= 4 is 0 Å². The third-order valence-corrected chi connectivity index (χ3v) is 3.23. The number of hydrogen-bond donors (Lipinski definition) is 0. The van der Waals surface area contributed by atoms with Gasteiger partial charge < -0.3 is 9.47 Å². The molecule has 0 radical (unpaired) electrons. The van der Waals surface area contributed by atoms with Crippen LogP contribution in [0, 0.1) is 5.92 Å². The highest BCUT2D eigenvalue weighted by atomic mass is 16.7. The largest absolute Gasteiger partial charge is 0.347 e. The van der Waals surface area contributed by atoms with Gasteiger partial charge in [-0.1, -0.05) is 37.3 Å². The van der Waals surface area contributed by atoms with Gasteiger partial charge in [-0.15, -0.1) is 0 Å². The molecule has 1 saturated heterocycles. The van der Waals surface area contributed by atoms with Crippen LogP contribution in [-0.4, -0.2) is 11.9 Å². The molecule has 1 aliphatic heterocycles. The summed E-state index contributed by atoms with van der Waals surface area (Å²) < 4.78 is 11.8. The number of rotatable bonds is 1. The molecule has 88 valence electrons. The Labute approximate surface area is 97.6 Å². The highest BCUT2D eigenvalue weighted by Crippen LogP contribution is 2.39. The molecule has 0 bridgehead atoms. The van der Waals surface area contributed by atoms with Crippen molar-refractivity contribution in [3.63, 3.8) is 0 Å². The fraction of sp³-hybridized carbons (Fsp3) is 0.571. The SMILES string of the molecule is C[C@@H]1[C@@H](C)OC(C)(C)O[C@H]1c1ccccc1. The Balaban J connectivity index is 2.26. The summed E-state index contributed by atoms with van der Waals surface area (Å²) in [5, 5.41) is 0. The van der Waals surface area contributed by atoms with Crippen molar-refractivity contribution in [2.24, 2.45) is 5.92 Å². The third kappa shape index (κ3) is 2.28. The second-order valence-corrected chi connectivity index (χ2v) is 5.03. The molecule has 1 fully saturated rings. The van der Waals surface area contributed by atoms with Gasteiger partial charge in [-0.25, -0.2) is 0 Å². The molecule has 3 atom stereocenters. The molecular formula is C14H20O2. The number of hydrogen-bond acceptors (Lipinski definition) is 2. The van der Waals surface area contributed by atoms with E-state index < -0.39 is 5.79 Å². The summed E-state index contributed by atoms with van der Waals surface area (Å²) in [5.74, 6) is -0.123. The summed E-state index contributed by atoms with van der Waals surface area (Å²) in [7, 11) is 0. The van der Waals surface area contributed by atoms with E-state index in [-0.39, 0.29) is 12.2 Å². The van der Waals surface area contributed by atoms with E-state index in [2.05, 4.69) is 38.1 Å². The molecule has 0 N–H and O–H groups in total. The third-order valence-electron chi connectivity index (χ3n) is 3.23. The Morgan fingerprint density at radius 2 is 1.62 bits per heavy atom. The van der Waals surface area contributed by atoms with E-state index in [9.17, 15) is 0 Å². The predicted molar refractivity (Wildman–Crippen MR) is 64.1 cm³/mol. The minimum absolute atomic E-state index is 0.125. The van der Waals surface area contributed by atoms with Gasteiger partial charge in [0, 0.05) is 5.92 Å². The maximum Gasteiger partial charge on any atom is 0.163 e. The van der Waals surface area contributed by atoms with Gasteiger partial charge in [-0.05, 0) is 26.3 Å². The average molecular weight is 220 g/mol. The van der Waals surface area contributed by atoms with Crippen LogP contribution >= 0.6 is 0 Å². The Kier molecular flexibility index (Phi) is 3.04. The van der Waals surface area contributed by atoms with Crippen molar-refractivity contribution < 1.29 is 9.47 Å². The molecule has 0 aromatic heterocycles. The predicted octanol–water partition coefficient (Wildman–Crippen LogP) is 3.54. The highest BCUT2D eigenvalue weighted by Gasteiger charge is 2.39. The van der Waals surface area contributed by atoms with Crippen molar-refractivity contribution in [3.05, 3.63) is 35.9 Å². The number of ether oxygens (including phenoxy) is 2. The molecule has 0 saturated carbocycles. The van der Waals surface area contributed by atoms with Crippen LogP contribution in [0.1, 0.15) is 39.4 Å². The second kappa shape index (κ2) is 4.19. The van der Waals surface area contributed by atoms with Crippen molar-refractivity contribution in [2.45, 2.75) is 45.7 Å². The van der Waals surface area contributed by atoms with E-state index in [1.165, 1.54) is 5.56 Å². The van der Waals surface area contributed by atoms with Crippen LogP contribution < -0.4 is 0 Å². The van der Waals surface area contributed by atoms with Crippen molar-refractivity contribution in [1.82, 2.24) is 0 Å². The van der Waals surface area contributed by atoms with Crippen LogP contribution in [0.2, 0.25) is 0 Å². The maximum absolute atomic E-state index is 6.02. The van der Waals surface area contributed by atoms with Crippen molar-refractivity contribution in [2.75, 3.05) is 0 Å². The molecule has 0 unspecified atom stereocenters. The zero-order valence-corrected chi connectivity index (χ0v) is 10.4. The standard InChI is InChI=1S/C14H20O2/c1-10-11(2)15-14(3,4)16-13(10)12-8-6-5-7-9-12/h5-11,13H,1-4H3/t10-,11-,13-/m1/s1. The smallest absolute Gasteiger partial charge is 0.163 e. The molecule has 2 nitrogen and oxygen atoms in total. The summed E-state index contributed by atoms with van der Waals surface area (Å²) in [6.45, 7) is 8.25. The average Bonchev–Trinajstić information content (AvgIpc) is 2.24. The topological polar surface area (TPSA) is 18.5 Å². The fourth-order valence-corrected chi connectivity index (χ4v) is 2.26. The van der Waals surface area contributed by atoms with E-state index in [0.717, 1.165) is 0 Å². The first-order valence-corrected chi connectivity index (χ1v) is 5.90.